The van der Waals surface area contributed by atoms with Crippen molar-refractivity contribution < 1.29 is 19.1 Å². The monoisotopic (exact) mass is 280 g/mol. The second kappa shape index (κ2) is 5.66. The van der Waals surface area contributed by atoms with E-state index in [1.54, 1.807) is 11.3 Å². The molecule has 0 bridgehead atoms. The van der Waals surface area contributed by atoms with Crippen LogP contribution < -0.4 is 5.32 Å². The second-order valence-electron chi connectivity index (χ2n) is 3.86. The van der Waals surface area contributed by atoms with Gasteiger partial charge in [-0.25, -0.2) is 9.78 Å². The lowest BCUT2D eigenvalue weighted by molar-refractivity contribution is 0.0659. The fourth-order valence-electron chi connectivity index (χ4n) is 1.46. The van der Waals surface area contributed by atoms with Crippen molar-refractivity contribution >= 4 is 23.2 Å². The number of aromatic nitrogens is 1. The summed E-state index contributed by atoms with van der Waals surface area (Å²) < 4.78 is 4.89. The van der Waals surface area contributed by atoms with Gasteiger partial charge in [0.15, 0.2) is 5.76 Å². The first-order valence-electron chi connectivity index (χ1n) is 5.58. The summed E-state index contributed by atoms with van der Waals surface area (Å²) in [4.78, 5) is 26.5. The van der Waals surface area contributed by atoms with E-state index < -0.39 is 11.9 Å². The van der Waals surface area contributed by atoms with Crippen molar-refractivity contribution in [1.29, 1.82) is 0 Å². The number of carbonyl (C=O) groups excluding carboxylic acids is 1. The third-order valence-electron chi connectivity index (χ3n) is 2.33. The Morgan fingerprint density at radius 3 is 2.74 bits per heavy atom. The van der Waals surface area contributed by atoms with Crippen molar-refractivity contribution in [3.05, 3.63) is 39.7 Å². The molecule has 0 fully saturated rings. The van der Waals surface area contributed by atoms with Crippen LogP contribution in [0.4, 0.5) is 0 Å². The third-order valence-corrected chi connectivity index (χ3v) is 3.36. The molecule has 19 heavy (non-hydrogen) atoms. The van der Waals surface area contributed by atoms with Crippen LogP contribution in [0.2, 0.25) is 0 Å². The van der Waals surface area contributed by atoms with Crippen LogP contribution in [-0.4, -0.2) is 28.5 Å². The molecule has 100 valence electrons. The number of aryl methyl sites for hydroxylation is 1. The number of carbonyl (C=O) groups is 2. The predicted octanol–water partition coefficient (Wildman–Crippen LogP) is 1.72. The number of nitrogens with zero attached hydrogens (tertiary/aromatic N) is 1. The largest absolute Gasteiger partial charge is 0.475 e. The van der Waals surface area contributed by atoms with Crippen LogP contribution >= 0.6 is 11.3 Å². The van der Waals surface area contributed by atoms with Crippen molar-refractivity contribution in [2.75, 3.05) is 6.54 Å². The summed E-state index contributed by atoms with van der Waals surface area (Å²) in [5, 5.41) is 14.2. The van der Waals surface area contributed by atoms with E-state index in [9.17, 15) is 9.59 Å². The molecule has 2 aromatic heterocycles. The number of carboxylic acid groups (broad SMARTS) is 1. The van der Waals surface area contributed by atoms with Crippen LogP contribution in [0.3, 0.4) is 0 Å². The number of nitrogens with one attached hydrogen (secondary N) is 1. The molecule has 6 nitrogen and oxygen atoms in total. The molecule has 0 saturated carbocycles. The van der Waals surface area contributed by atoms with E-state index in [4.69, 9.17) is 9.52 Å². The second-order valence-corrected chi connectivity index (χ2v) is 4.80. The van der Waals surface area contributed by atoms with E-state index >= 15 is 0 Å². The lowest BCUT2D eigenvalue weighted by Crippen LogP contribution is -2.25. The molecule has 0 aromatic carbocycles. The highest BCUT2D eigenvalue weighted by molar-refractivity contribution is 7.09. The van der Waals surface area contributed by atoms with Crippen LogP contribution in [0, 0.1) is 6.92 Å². The Labute approximate surface area is 113 Å². The van der Waals surface area contributed by atoms with Gasteiger partial charge in [0, 0.05) is 24.0 Å². The molecule has 0 aliphatic heterocycles. The molecule has 1 amide bonds. The molecule has 0 aliphatic carbocycles. The van der Waals surface area contributed by atoms with Gasteiger partial charge in [0.05, 0.1) is 5.01 Å². The fourth-order valence-corrected chi connectivity index (χ4v) is 2.24. The van der Waals surface area contributed by atoms with Crippen molar-refractivity contribution in [3.63, 3.8) is 0 Å². The molecule has 0 atom stereocenters. The van der Waals surface area contributed by atoms with Gasteiger partial charge in [0.25, 0.3) is 5.91 Å². The number of carboxylic acids is 1. The Kier molecular flexibility index (Phi) is 3.96. The zero-order chi connectivity index (χ0) is 13.8. The number of rotatable bonds is 5. The summed E-state index contributed by atoms with van der Waals surface area (Å²) in [7, 11) is 0. The first kappa shape index (κ1) is 13.3. The van der Waals surface area contributed by atoms with Crippen LogP contribution in [-0.2, 0) is 6.42 Å². The van der Waals surface area contributed by atoms with E-state index in [-0.39, 0.29) is 11.5 Å². The Morgan fingerprint density at radius 1 is 1.42 bits per heavy atom. The van der Waals surface area contributed by atoms with Crippen molar-refractivity contribution in [2.45, 2.75) is 13.3 Å². The molecular formula is C12H12N2O4S. The van der Waals surface area contributed by atoms with Crippen LogP contribution in [0.25, 0.3) is 0 Å². The topological polar surface area (TPSA) is 92.4 Å². The molecule has 2 aromatic rings. The molecule has 2 N–H and O–H groups in total. The van der Waals surface area contributed by atoms with Gasteiger partial charge in [0.2, 0.25) is 5.76 Å². The minimum atomic E-state index is -1.20. The fraction of sp³-hybridized carbons (Fsp3) is 0.250. The van der Waals surface area contributed by atoms with Gasteiger partial charge >= 0.3 is 5.97 Å². The van der Waals surface area contributed by atoms with Gasteiger partial charge in [-0.2, -0.15) is 0 Å². The maximum Gasteiger partial charge on any atom is 0.371 e. The molecule has 7 heteroatoms. The Balaban J connectivity index is 1.85. The highest BCUT2D eigenvalue weighted by Crippen LogP contribution is 2.09. The van der Waals surface area contributed by atoms with E-state index in [2.05, 4.69) is 10.3 Å². The van der Waals surface area contributed by atoms with Gasteiger partial charge < -0.3 is 14.8 Å². The maximum atomic E-state index is 11.7. The lowest BCUT2D eigenvalue weighted by Gasteiger charge is -2.00. The van der Waals surface area contributed by atoms with E-state index in [1.165, 1.54) is 12.1 Å². The molecule has 0 saturated heterocycles. The number of amides is 1. The molecule has 0 radical (unpaired) electrons. The van der Waals surface area contributed by atoms with Gasteiger partial charge in [-0.1, -0.05) is 0 Å². The quantitative estimate of drug-likeness (QED) is 0.869. The van der Waals surface area contributed by atoms with Crippen molar-refractivity contribution in [1.82, 2.24) is 10.3 Å². The van der Waals surface area contributed by atoms with Gasteiger partial charge in [-0.3, -0.25) is 4.79 Å². The number of thiazole rings is 1. The number of hydrogen-bond acceptors (Lipinski definition) is 5. The average molecular weight is 280 g/mol. The summed E-state index contributed by atoms with van der Waals surface area (Å²) in [5.41, 5.74) is 0.962. The molecule has 0 unspecified atom stereocenters. The van der Waals surface area contributed by atoms with E-state index in [1.807, 2.05) is 12.3 Å². The lowest BCUT2D eigenvalue weighted by atomic mass is 10.4. The highest BCUT2D eigenvalue weighted by Gasteiger charge is 2.14. The first-order valence-corrected chi connectivity index (χ1v) is 6.46. The summed E-state index contributed by atoms with van der Waals surface area (Å²) in [6, 6.07) is 2.59. The Morgan fingerprint density at radius 2 is 2.16 bits per heavy atom. The summed E-state index contributed by atoms with van der Waals surface area (Å²) in [6.45, 7) is 2.34. The number of aromatic carboxylic acids is 1. The molecule has 0 spiro atoms. The van der Waals surface area contributed by atoms with Crippen LogP contribution in [0.5, 0.6) is 0 Å². The van der Waals surface area contributed by atoms with Gasteiger partial charge in [-0.05, 0) is 19.1 Å². The van der Waals surface area contributed by atoms with Gasteiger partial charge in [0.1, 0.15) is 0 Å². The standard InChI is InChI=1S/C12H12N2O4S/c1-7-6-19-10(14-7)4-5-13-11(15)8-2-3-9(18-8)12(16)17/h2-3,6H,4-5H2,1H3,(H,13,15)(H,16,17). The highest BCUT2D eigenvalue weighted by atomic mass is 32.1. The zero-order valence-electron chi connectivity index (χ0n) is 10.2. The minimum Gasteiger partial charge on any atom is -0.475 e. The summed E-state index contributed by atoms with van der Waals surface area (Å²) in [5.74, 6) is -1.88. The number of hydrogen-bond donors (Lipinski definition) is 2. The van der Waals surface area contributed by atoms with Crippen LogP contribution in [0.1, 0.15) is 31.8 Å². The first-order chi connectivity index (χ1) is 9.06. The van der Waals surface area contributed by atoms with Crippen LogP contribution in [0.15, 0.2) is 21.9 Å². The summed E-state index contributed by atoms with van der Waals surface area (Å²) >= 11 is 1.54. The van der Waals surface area contributed by atoms with E-state index in [0.29, 0.717) is 13.0 Å². The minimum absolute atomic E-state index is 0.00674. The number of furan rings is 1. The summed E-state index contributed by atoms with van der Waals surface area (Å²) in [6.07, 6.45) is 0.636. The Hall–Kier alpha value is -2.15. The van der Waals surface area contributed by atoms with Gasteiger partial charge in [-0.15, -0.1) is 11.3 Å². The smallest absolute Gasteiger partial charge is 0.371 e. The Bertz CT molecular complexity index is 602. The van der Waals surface area contributed by atoms with Crippen molar-refractivity contribution in [3.8, 4) is 0 Å². The SMILES string of the molecule is Cc1csc(CCNC(=O)c2ccc(C(=O)O)o2)n1. The molecular weight excluding hydrogens is 268 g/mol. The normalized spacial score (nSPS) is 10.4. The molecule has 0 aliphatic rings. The molecule has 2 heterocycles. The molecule has 2 rings (SSSR count). The third kappa shape index (κ3) is 3.41. The van der Waals surface area contributed by atoms with E-state index in [0.717, 1.165) is 10.7 Å². The zero-order valence-corrected chi connectivity index (χ0v) is 11.0. The van der Waals surface area contributed by atoms with Crippen molar-refractivity contribution in [2.24, 2.45) is 0 Å². The average Bonchev–Trinajstić information content (AvgIpc) is 2.98. The maximum absolute atomic E-state index is 11.7. The predicted molar refractivity (Wildman–Crippen MR) is 68.6 cm³/mol.